The van der Waals surface area contributed by atoms with Gasteiger partial charge in [0.05, 0.1) is 12.6 Å². The lowest BCUT2D eigenvalue weighted by molar-refractivity contribution is -0.274. The highest BCUT2D eigenvalue weighted by atomic mass is 19.4. The Kier molecular flexibility index (Phi) is 5.43. The van der Waals surface area contributed by atoms with Gasteiger partial charge in [-0.25, -0.2) is 9.18 Å². The van der Waals surface area contributed by atoms with Crippen LogP contribution in [0.1, 0.15) is 19.3 Å². The van der Waals surface area contributed by atoms with Gasteiger partial charge in [-0.2, -0.15) is 0 Å². The molecule has 2 aliphatic rings. The molecule has 2 heterocycles. The maximum absolute atomic E-state index is 14.1. The number of benzene rings is 1. The van der Waals surface area contributed by atoms with Crippen molar-refractivity contribution >= 4 is 12.0 Å². The summed E-state index contributed by atoms with van der Waals surface area (Å²) < 4.78 is 59.3. The Morgan fingerprint density at radius 1 is 1.11 bits per heavy atom. The number of rotatable bonds is 3. The molecule has 6 nitrogen and oxygen atoms in total. The highest BCUT2D eigenvalue weighted by Crippen LogP contribution is 2.26. The van der Waals surface area contributed by atoms with E-state index in [-0.39, 0.29) is 31.2 Å². The SMILES string of the molecule is O=C(Oc1ccc(OC(F)(F)F)cc1)N1CC(N2CCCC2=O)C[C@H](F)C1. The summed E-state index contributed by atoms with van der Waals surface area (Å²) in [5, 5.41) is 0. The highest BCUT2D eigenvalue weighted by molar-refractivity contribution is 5.78. The molecule has 0 saturated carbocycles. The van der Waals surface area contributed by atoms with Crippen LogP contribution in [-0.4, -0.2) is 60.0 Å². The molecular weight excluding hydrogens is 372 g/mol. The Morgan fingerprint density at radius 3 is 2.37 bits per heavy atom. The minimum absolute atomic E-state index is 0.00399. The molecule has 0 radical (unpaired) electrons. The minimum atomic E-state index is -4.82. The summed E-state index contributed by atoms with van der Waals surface area (Å²) in [5.41, 5.74) is 0. The Labute approximate surface area is 152 Å². The van der Waals surface area contributed by atoms with E-state index in [0.717, 1.165) is 24.3 Å². The molecule has 0 aliphatic carbocycles. The summed E-state index contributed by atoms with van der Waals surface area (Å²) in [7, 11) is 0. The predicted octanol–water partition coefficient (Wildman–Crippen LogP) is 3.12. The summed E-state index contributed by atoms with van der Waals surface area (Å²) in [4.78, 5) is 26.9. The maximum Gasteiger partial charge on any atom is 0.573 e. The van der Waals surface area contributed by atoms with Gasteiger partial charge in [0, 0.05) is 25.9 Å². The minimum Gasteiger partial charge on any atom is -0.410 e. The van der Waals surface area contributed by atoms with Crippen molar-refractivity contribution in [2.75, 3.05) is 19.6 Å². The predicted molar refractivity (Wildman–Crippen MR) is 85.0 cm³/mol. The van der Waals surface area contributed by atoms with Crippen molar-refractivity contribution in [2.24, 2.45) is 0 Å². The van der Waals surface area contributed by atoms with E-state index in [4.69, 9.17) is 4.74 Å². The number of carbonyl (C=O) groups is 2. The zero-order valence-electron chi connectivity index (χ0n) is 14.2. The van der Waals surface area contributed by atoms with Crippen LogP contribution in [-0.2, 0) is 4.79 Å². The Bertz CT molecular complexity index is 695. The van der Waals surface area contributed by atoms with Crippen LogP contribution >= 0.6 is 0 Å². The number of likely N-dealkylation sites (tertiary alicyclic amines) is 2. The summed E-state index contributed by atoms with van der Waals surface area (Å²) in [5.74, 6) is -0.497. The van der Waals surface area contributed by atoms with Crippen LogP contribution in [0.5, 0.6) is 11.5 Å². The molecule has 148 valence electrons. The molecule has 2 aliphatic heterocycles. The van der Waals surface area contributed by atoms with Crippen LogP contribution < -0.4 is 9.47 Å². The second kappa shape index (κ2) is 7.61. The molecule has 2 fully saturated rings. The lowest BCUT2D eigenvalue weighted by atomic mass is 10.0. The monoisotopic (exact) mass is 390 g/mol. The van der Waals surface area contributed by atoms with Gasteiger partial charge >= 0.3 is 12.5 Å². The highest BCUT2D eigenvalue weighted by Gasteiger charge is 2.37. The maximum atomic E-state index is 14.1. The van der Waals surface area contributed by atoms with E-state index in [0.29, 0.717) is 19.4 Å². The van der Waals surface area contributed by atoms with E-state index >= 15 is 0 Å². The van der Waals surface area contributed by atoms with Crippen molar-refractivity contribution in [2.45, 2.75) is 37.8 Å². The van der Waals surface area contributed by atoms with Gasteiger partial charge in [-0.1, -0.05) is 0 Å². The van der Waals surface area contributed by atoms with E-state index < -0.39 is 30.4 Å². The normalized spacial score (nSPS) is 23.5. The van der Waals surface area contributed by atoms with Crippen molar-refractivity contribution in [3.05, 3.63) is 24.3 Å². The number of carbonyl (C=O) groups excluding carboxylic acids is 2. The zero-order valence-corrected chi connectivity index (χ0v) is 14.2. The largest absolute Gasteiger partial charge is 0.573 e. The third-order valence-corrected chi connectivity index (χ3v) is 4.45. The number of halogens is 4. The van der Waals surface area contributed by atoms with Gasteiger partial charge in [0.15, 0.2) is 0 Å². The smallest absolute Gasteiger partial charge is 0.410 e. The van der Waals surface area contributed by atoms with Crippen molar-refractivity contribution in [3.63, 3.8) is 0 Å². The summed E-state index contributed by atoms with van der Waals surface area (Å²) in [6.07, 6.45) is -5.62. The van der Waals surface area contributed by atoms with Crippen LogP contribution in [0.4, 0.5) is 22.4 Å². The number of alkyl halides is 4. The Morgan fingerprint density at radius 2 is 1.78 bits per heavy atom. The van der Waals surface area contributed by atoms with Crippen molar-refractivity contribution in [1.29, 1.82) is 0 Å². The van der Waals surface area contributed by atoms with Gasteiger partial charge in [-0.3, -0.25) is 4.79 Å². The van der Waals surface area contributed by atoms with Gasteiger partial charge in [-0.05, 0) is 30.7 Å². The summed E-state index contributed by atoms with van der Waals surface area (Å²) in [6, 6.07) is 3.92. The molecule has 3 rings (SSSR count). The molecular formula is C17H18F4N2O4. The topological polar surface area (TPSA) is 59.1 Å². The molecule has 0 spiro atoms. The van der Waals surface area contributed by atoms with Gasteiger partial charge in [-0.15, -0.1) is 13.2 Å². The zero-order chi connectivity index (χ0) is 19.6. The number of nitrogens with zero attached hydrogens (tertiary/aromatic N) is 2. The van der Waals surface area contributed by atoms with E-state index in [1.165, 1.54) is 4.90 Å². The molecule has 0 N–H and O–H groups in total. The van der Waals surface area contributed by atoms with Crippen LogP contribution in [0.25, 0.3) is 0 Å². The number of amides is 2. The summed E-state index contributed by atoms with van der Waals surface area (Å²) >= 11 is 0. The fraction of sp³-hybridized carbons (Fsp3) is 0.529. The fourth-order valence-corrected chi connectivity index (χ4v) is 3.32. The van der Waals surface area contributed by atoms with Crippen LogP contribution in [0.15, 0.2) is 24.3 Å². The molecule has 2 amide bonds. The number of piperidine rings is 1. The molecule has 27 heavy (non-hydrogen) atoms. The lowest BCUT2D eigenvalue weighted by Gasteiger charge is -2.38. The first-order chi connectivity index (χ1) is 12.7. The molecule has 2 atom stereocenters. The van der Waals surface area contributed by atoms with E-state index in [2.05, 4.69) is 4.74 Å². The standard InChI is InChI=1S/C17H18F4N2O4/c18-11-8-12(23-7-1-2-15(23)24)10-22(9-11)16(25)26-13-3-5-14(6-4-13)27-17(19,20)21/h3-6,11-12H,1-2,7-10H2/t11-,12?/m0/s1. The van der Waals surface area contributed by atoms with Crippen molar-refractivity contribution < 1.29 is 36.6 Å². The second-order valence-electron chi connectivity index (χ2n) is 6.47. The van der Waals surface area contributed by atoms with Gasteiger partial charge in [0.25, 0.3) is 0 Å². The first-order valence-electron chi connectivity index (χ1n) is 8.47. The third kappa shape index (κ3) is 5.01. The van der Waals surface area contributed by atoms with E-state index in [1.54, 1.807) is 4.90 Å². The van der Waals surface area contributed by atoms with Crippen molar-refractivity contribution in [3.8, 4) is 11.5 Å². The lowest BCUT2D eigenvalue weighted by Crippen LogP contribution is -2.54. The molecule has 1 unspecified atom stereocenters. The Hall–Kier alpha value is -2.52. The Balaban J connectivity index is 1.60. The van der Waals surface area contributed by atoms with E-state index in [9.17, 15) is 27.2 Å². The molecule has 1 aromatic carbocycles. The average Bonchev–Trinajstić information content (AvgIpc) is 3.01. The van der Waals surface area contributed by atoms with Gasteiger partial charge < -0.3 is 19.3 Å². The van der Waals surface area contributed by atoms with E-state index in [1.807, 2.05) is 0 Å². The molecule has 1 aromatic rings. The van der Waals surface area contributed by atoms with Crippen LogP contribution in [0, 0.1) is 0 Å². The first kappa shape index (κ1) is 19.2. The average molecular weight is 390 g/mol. The molecule has 10 heteroatoms. The molecule has 0 aromatic heterocycles. The second-order valence-corrected chi connectivity index (χ2v) is 6.47. The van der Waals surface area contributed by atoms with Gasteiger partial charge in [0.2, 0.25) is 5.91 Å². The van der Waals surface area contributed by atoms with Crippen molar-refractivity contribution in [1.82, 2.24) is 9.80 Å². The first-order valence-corrected chi connectivity index (χ1v) is 8.47. The fourth-order valence-electron chi connectivity index (χ4n) is 3.32. The third-order valence-electron chi connectivity index (χ3n) is 4.45. The van der Waals surface area contributed by atoms with Gasteiger partial charge in [0.1, 0.15) is 17.7 Å². The molecule has 2 saturated heterocycles. The number of hydrogen-bond donors (Lipinski definition) is 0. The van der Waals surface area contributed by atoms with Crippen LogP contribution in [0.3, 0.4) is 0 Å². The summed E-state index contributed by atoms with van der Waals surface area (Å²) in [6.45, 7) is 0.534. The number of hydrogen-bond acceptors (Lipinski definition) is 4. The number of ether oxygens (including phenoxy) is 2. The van der Waals surface area contributed by atoms with Crippen LogP contribution in [0.2, 0.25) is 0 Å². The quantitative estimate of drug-likeness (QED) is 0.745. The molecule has 0 bridgehead atoms.